The van der Waals surface area contributed by atoms with Crippen LogP contribution >= 0.6 is 11.6 Å². The first kappa shape index (κ1) is 13.6. The highest BCUT2D eigenvalue weighted by Gasteiger charge is 2.16. The van der Waals surface area contributed by atoms with Gasteiger partial charge in [-0.2, -0.15) is 5.10 Å². The minimum atomic E-state index is -1.03. The molecule has 1 atom stereocenters. The molecule has 1 aromatic heterocycles. The van der Waals surface area contributed by atoms with E-state index in [1.807, 2.05) is 19.3 Å². The van der Waals surface area contributed by atoms with E-state index >= 15 is 0 Å². The van der Waals surface area contributed by atoms with E-state index in [0.29, 0.717) is 5.02 Å². The molecule has 0 aliphatic carbocycles. The predicted molar refractivity (Wildman–Crippen MR) is 73.0 cm³/mol. The van der Waals surface area contributed by atoms with E-state index in [0.717, 1.165) is 16.7 Å². The Morgan fingerprint density at radius 3 is 2.89 bits per heavy atom. The molecule has 5 nitrogen and oxygen atoms in total. The molecular weight excluding hydrogens is 266 g/mol. The fraction of sp³-hybridized carbons (Fsp3) is 0.231. The fourth-order valence-electron chi connectivity index (χ4n) is 1.90. The molecule has 0 fully saturated rings. The van der Waals surface area contributed by atoms with E-state index in [1.54, 1.807) is 23.0 Å². The second-order valence-corrected chi connectivity index (χ2v) is 4.79. The van der Waals surface area contributed by atoms with Gasteiger partial charge < -0.3 is 10.8 Å². The topological polar surface area (TPSA) is 81.1 Å². The van der Waals surface area contributed by atoms with Gasteiger partial charge in [0.05, 0.1) is 6.20 Å². The van der Waals surface area contributed by atoms with Crippen molar-refractivity contribution in [1.82, 2.24) is 9.78 Å². The number of halogens is 1. The van der Waals surface area contributed by atoms with Crippen LogP contribution in [-0.4, -0.2) is 26.9 Å². The van der Waals surface area contributed by atoms with E-state index in [9.17, 15) is 4.79 Å². The SMILES string of the molecule is Cn1cc(-c2ccc(Cl)cc2C[C@H](N)C(=O)O)cn1. The number of hydrogen-bond acceptors (Lipinski definition) is 3. The predicted octanol–water partition coefficient (Wildman–Crippen LogP) is 1.69. The number of rotatable bonds is 4. The Bertz CT molecular complexity index is 610. The summed E-state index contributed by atoms with van der Waals surface area (Å²) in [6.45, 7) is 0. The van der Waals surface area contributed by atoms with Crippen molar-refractivity contribution in [3.8, 4) is 11.1 Å². The highest BCUT2D eigenvalue weighted by molar-refractivity contribution is 6.30. The minimum Gasteiger partial charge on any atom is -0.480 e. The van der Waals surface area contributed by atoms with Crippen molar-refractivity contribution in [2.75, 3.05) is 0 Å². The second kappa shape index (κ2) is 5.42. The summed E-state index contributed by atoms with van der Waals surface area (Å²) in [6.07, 6.45) is 3.80. The summed E-state index contributed by atoms with van der Waals surface area (Å²) in [5.41, 5.74) is 8.20. The van der Waals surface area contributed by atoms with Gasteiger partial charge in [-0.05, 0) is 29.7 Å². The number of carbonyl (C=O) groups is 1. The maximum absolute atomic E-state index is 10.9. The molecule has 3 N–H and O–H groups in total. The third-order valence-corrected chi connectivity index (χ3v) is 3.08. The number of nitrogens with two attached hydrogens (primary N) is 1. The number of benzene rings is 1. The normalized spacial score (nSPS) is 12.4. The van der Waals surface area contributed by atoms with Crippen molar-refractivity contribution < 1.29 is 9.90 Å². The summed E-state index contributed by atoms with van der Waals surface area (Å²) in [5.74, 6) is -1.03. The zero-order valence-corrected chi connectivity index (χ0v) is 11.1. The van der Waals surface area contributed by atoms with Gasteiger partial charge in [-0.25, -0.2) is 0 Å². The summed E-state index contributed by atoms with van der Waals surface area (Å²) in [4.78, 5) is 10.9. The van der Waals surface area contributed by atoms with Crippen molar-refractivity contribution in [2.24, 2.45) is 12.8 Å². The maximum Gasteiger partial charge on any atom is 0.320 e. The summed E-state index contributed by atoms with van der Waals surface area (Å²) >= 11 is 5.96. The quantitative estimate of drug-likeness (QED) is 0.892. The van der Waals surface area contributed by atoms with Crippen molar-refractivity contribution in [3.63, 3.8) is 0 Å². The molecule has 0 bridgehead atoms. The van der Waals surface area contributed by atoms with Crippen LogP contribution in [0.1, 0.15) is 5.56 Å². The summed E-state index contributed by atoms with van der Waals surface area (Å²) in [7, 11) is 1.82. The van der Waals surface area contributed by atoms with Crippen LogP contribution in [0.4, 0.5) is 0 Å². The third-order valence-electron chi connectivity index (χ3n) is 2.84. The van der Waals surface area contributed by atoms with Crippen LogP contribution in [0.2, 0.25) is 5.02 Å². The zero-order valence-electron chi connectivity index (χ0n) is 10.4. The van der Waals surface area contributed by atoms with E-state index < -0.39 is 12.0 Å². The monoisotopic (exact) mass is 279 g/mol. The molecule has 0 saturated carbocycles. The molecule has 0 unspecified atom stereocenters. The third kappa shape index (κ3) is 3.13. The van der Waals surface area contributed by atoms with Crippen molar-refractivity contribution in [2.45, 2.75) is 12.5 Å². The Labute approximate surface area is 115 Å². The van der Waals surface area contributed by atoms with Gasteiger partial charge >= 0.3 is 5.97 Å². The molecule has 0 aliphatic heterocycles. The molecule has 2 aromatic rings. The lowest BCUT2D eigenvalue weighted by Gasteiger charge is -2.11. The van der Waals surface area contributed by atoms with Crippen molar-refractivity contribution in [1.29, 1.82) is 0 Å². The average molecular weight is 280 g/mol. The summed E-state index contributed by atoms with van der Waals surface area (Å²) in [6, 6.07) is 4.41. The fourth-order valence-corrected chi connectivity index (χ4v) is 2.09. The molecule has 19 heavy (non-hydrogen) atoms. The Hall–Kier alpha value is -1.85. The van der Waals surface area contributed by atoms with Gasteiger partial charge in [0.1, 0.15) is 6.04 Å². The van der Waals surface area contributed by atoms with Crippen LogP contribution in [0.3, 0.4) is 0 Å². The highest BCUT2D eigenvalue weighted by atomic mass is 35.5. The van der Waals surface area contributed by atoms with Crippen LogP contribution in [0.5, 0.6) is 0 Å². The molecule has 0 aliphatic rings. The molecule has 0 spiro atoms. The molecule has 2 rings (SSSR count). The summed E-state index contributed by atoms with van der Waals surface area (Å²) in [5, 5.41) is 13.6. The van der Waals surface area contributed by atoms with Crippen LogP contribution in [0.25, 0.3) is 11.1 Å². The number of aliphatic carboxylic acids is 1. The van der Waals surface area contributed by atoms with Gasteiger partial charge in [-0.3, -0.25) is 9.48 Å². The number of aromatic nitrogens is 2. The van der Waals surface area contributed by atoms with Crippen LogP contribution in [-0.2, 0) is 18.3 Å². The van der Waals surface area contributed by atoms with E-state index in [4.69, 9.17) is 22.4 Å². The van der Waals surface area contributed by atoms with Gasteiger partial charge in [0.15, 0.2) is 0 Å². The van der Waals surface area contributed by atoms with Crippen LogP contribution in [0.15, 0.2) is 30.6 Å². The smallest absolute Gasteiger partial charge is 0.320 e. The molecule has 6 heteroatoms. The van der Waals surface area contributed by atoms with E-state index in [2.05, 4.69) is 5.10 Å². The van der Waals surface area contributed by atoms with Gasteiger partial charge in [-0.15, -0.1) is 0 Å². The number of hydrogen-bond donors (Lipinski definition) is 2. The highest BCUT2D eigenvalue weighted by Crippen LogP contribution is 2.27. The molecule has 1 heterocycles. The Morgan fingerprint density at radius 2 is 2.32 bits per heavy atom. The molecule has 100 valence electrons. The molecule has 0 saturated heterocycles. The lowest BCUT2D eigenvalue weighted by molar-refractivity contribution is -0.138. The maximum atomic E-state index is 10.9. The first-order valence-corrected chi connectivity index (χ1v) is 6.11. The Balaban J connectivity index is 2.41. The minimum absolute atomic E-state index is 0.222. The van der Waals surface area contributed by atoms with Crippen LogP contribution < -0.4 is 5.73 Å². The molecular formula is C13H14ClN3O2. The average Bonchev–Trinajstić information content (AvgIpc) is 2.75. The first-order valence-electron chi connectivity index (χ1n) is 5.73. The Morgan fingerprint density at radius 1 is 1.58 bits per heavy atom. The first-order chi connectivity index (χ1) is 8.97. The van der Waals surface area contributed by atoms with E-state index in [1.165, 1.54) is 0 Å². The lowest BCUT2D eigenvalue weighted by Crippen LogP contribution is -2.32. The second-order valence-electron chi connectivity index (χ2n) is 4.35. The van der Waals surface area contributed by atoms with Crippen LogP contribution in [0, 0.1) is 0 Å². The number of nitrogens with zero attached hydrogens (tertiary/aromatic N) is 2. The molecule has 1 aromatic carbocycles. The Kier molecular flexibility index (Phi) is 3.87. The van der Waals surface area contributed by atoms with Crippen molar-refractivity contribution in [3.05, 3.63) is 41.2 Å². The number of aryl methyl sites for hydroxylation is 1. The van der Waals surface area contributed by atoms with Gasteiger partial charge in [0.2, 0.25) is 0 Å². The molecule has 0 radical (unpaired) electrons. The van der Waals surface area contributed by atoms with Crippen molar-refractivity contribution >= 4 is 17.6 Å². The largest absolute Gasteiger partial charge is 0.480 e. The van der Waals surface area contributed by atoms with Gasteiger partial charge in [-0.1, -0.05) is 17.7 Å². The van der Waals surface area contributed by atoms with E-state index in [-0.39, 0.29) is 6.42 Å². The standard InChI is InChI=1S/C13H14ClN3O2/c1-17-7-9(6-16-17)11-3-2-10(14)4-8(11)5-12(15)13(18)19/h2-4,6-7,12H,5,15H2,1H3,(H,18,19)/t12-/m0/s1. The van der Waals surface area contributed by atoms with Gasteiger partial charge in [0.25, 0.3) is 0 Å². The zero-order chi connectivity index (χ0) is 14.0. The van der Waals surface area contributed by atoms with Gasteiger partial charge in [0, 0.05) is 23.8 Å². The summed E-state index contributed by atoms with van der Waals surface area (Å²) < 4.78 is 1.69. The molecule has 0 amide bonds. The number of carboxylic acids is 1. The number of carboxylic acid groups (broad SMARTS) is 1. The lowest BCUT2D eigenvalue weighted by atomic mass is 9.97.